The fourth-order valence-electron chi connectivity index (χ4n) is 2.25. The standard InChI is InChI=1S/C13H16N4O/c1-3-4-11-15-8-9-7-14-10-5-6-12(18-2)16-13(10)17(9)11/h5-6,8,14H,3-4,7H2,1-2H3. The number of aromatic nitrogens is 3. The molecule has 3 heterocycles. The summed E-state index contributed by atoms with van der Waals surface area (Å²) in [5.41, 5.74) is 2.17. The van der Waals surface area contributed by atoms with Crippen LogP contribution in [0, 0.1) is 0 Å². The fourth-order valence-corrected chi connectivity index (χ4v) is 2.25. The highest BCUT2D eigenvalue weighted by atomic mass is 16.5. The molecule has 1 N–H and O–H groups in total. The summed E-state index contributed by atoms with van der Waals surface area (Å²) in [4.78, 5) is 9.01. The number of nitrogens with zero attached hydrogens (tertiary/aromatic N) is 3. The molecule has 18 heavy (non-hydrogen) atoms. The van der Waals surface area contributed by atoms with Gasteiger partial charge in [0.25, 0.3) is 0 Å². The lowest BCUT2D eigenvalue weighted by atomic mass is 10.2. The number of nitrogens with one attached hydrogen (secondary N) is 1. The summed E-state index contributed by atoms with van der Waals surface area (Å²) < 4.78 is 7.34. The summed E-state index contributed by atoms with van der Waals surface area (Å²) in [6.07, 6.45) is 3.95. The minimum absolute atomic E-state index is 0.625. The number of rotatable bonds is 3. The van der Waals surface area contributed by atoms with Crippen LogP contribution in [0.1, 0.15) is 24.9 Å². The third-order valence-corrected chi connectivity index (χ3v) is 3.11. The number of anilines is 1. The van der Waals surface area contributed by atoms with Crippen LogP contribution >= 0.6 is 0 Å². The Hall–Kier alpha value is -2.04. The smallest absolute Gasteiger partial charge is 0.215 e. The molecule has 5 nitrogen and oxygen atoms in total. The number of hydrogen-bond acceptors (Lipinski definition) is 4. The summed E-state index contributed by atoms with van der Waals surface area (Å²) in [6.45, 7) is 2.94. The molecule has 0 saturated carbocycles. The first-order valence-electron chi connectivity index (χ1n) is 6.18. The molecule has 1 aliphatic heterocycles. The molecule has 0 bridgehead atoms. The minimum Gasteiger partial charge on any atom is -0.481 e. The van der Waals surface area contributed by atoms with Crippen LogP contribution in [0.25, 0.3) is 5.82 Å². The SMILES string of the molecule is CCCc1ncc2n1-c1nc(OC)ccc1NC2. The molecule has 0 radical (unpaired) electrons. The van der Waals surface area contributed by atoms with Gasteiger partial charge in [0.2, 0.25) is 5.88 Å². The van der Waals surface area contributed by atoms with Crippen molar-refractivity contribution in [2.45, 2.75) is 26.3 Å². The van der Waals surface area contributed by atoms with Crippen molar-refractivity contribution in [1.82, 2.24) is 14.5 Å². The molecule has 3 rings (SSSR count). The second-order valence-electron chi connectivity index (χ2n) is 4.33. The van der Waals surface area contributed by atoms with E-state index in [0.717, 1.165) is 42.4 Å². The first kappa shape index (κ1) is 11.1. The Morgan fingerprint density at radius 1 is 1.44 bits per heavy atom. The van der Waals surface area contributed by atoms with Crippen LogP contribution in [0.4, 0.5) is 5.69 Å². The summed E-state index contributed by atoms with van der Waals surface area (Å²) in [6, 6.07) is 3.87. The molecule has 1 aliphatic rings. The van der Waals surface area contributed by atoms with Crippen molar-refractivity contribution in [3.05, 3.63) is 29.8 Å². The third-order valence-electron chi connectivity index (χ3n) is 3.11. The topological polar surface area (TPSA) is 52.0 Å². The molecule has 0 fully saturated rings. The summed E-state index contributed by atoms with van der Waals surface area (Å²) in [7, 11) is 1.63. The lowest BCUT2D eigenvalue weighted by Crippen LogP contribution is -2.18. The number of aryl methyl sites for hydroxylation is 1. The highest BCUT2D eigenvalue weighted by Gasteiger charge is 2.20. The normalized spacial score (nSPS) is 12.6. The van der Waals surface area contributed by atoms with Gasteiger partial charge >= 0.3 is 0 Å². The third kappa shape index (κ3) is 1.63. The minimum atomic E-state index is 0.625. The molecule has 0 atom stereocenters. The van der Waals surface area contributed by atoms with E-state index in [9.17, 15) is 0 Å². The Labute approximate surface area is 106 Å². The first-order chi connectivity index (χ1) is 8.83. The summed E-state index contributed by atoms with van der Waals surface area (Å²) >= 11 is 0. The maximum Gasteiger partial charge on any atom is 0.215 e. The van der Waals surface area contributed by atoms with Gasteiger partial charge in [-0.3, -0.25) is 4.57 Å². The molecule has 0 aliphatic carbocycles. The molecule has 0 saturated heterocycles. The van der Waals surface area contributed by atoms with E-state index < -0.39 is 0 Å². The van der Waals surface area contributed by atoms with Gasteiger partial charge in [-0.25, -0.2) is 4.98 Å². The Bertz CT molecular complexity index is 576. The van der Waals surface area contributed by atoms with E-state index in [-0.39, 0.29) is 0 Å². The lowest BCUT2D eigenvalue weighted by Gasteiger charge is -2.21. The van der Waals surface area contributed by atoms with Gasteiger partial charge in [-0.1, -0.05) is 6.92 Å². The van der Waals surface area contributed by atoms with Crippen molar-refractivity contribution in [1.29, 1.82) is 0 Å². The molecule has 0 amide bonds. The number of methoxy groups -OCH3 is 1. The molecular formula is C13H16N4O. The fraction of sp³-hybridized carbons (Fsp3) is 0.385. The Morgan fingerprint density at radius 2 is 2.33 bits per heavy atom. The van der Waals surface area contributed by atoms with Crippen LogP contribution < -0.4 is 10.1 Å². The van der Waals surface area contributed by atoms with Gasteiger partial charge in [0.1, 0.15) is 5.82 Å². The molecule has 0 spiro atoms. The van der Waals surface area contributed by atoms with Gasteiger partial charge in [-0.15, -0.1) is 0 Å². The van der Waals surface area contributed by atoms with E-state index >= 15 is 0 Å². The zero-order chi connectivity index (χ0) is 12.5. The van der Waals surface area contributed by atoms with E-state index in [2.05, 4.69) is 26.8 Å². The summed E-state index contributed by atoms with van der Waals surface area (Å²) in [5, 5.41) is 3.35. The van der Waals surface area contributed by atoms with Crippen LogP contribution in [0.15, 0.2) is 18.3 Å². The van der Waals surface area contributed by atoms with Crippen molar-refractivity contribution in [2.24, 2.45) is 0 Å². The highest BCUT2D eigenvalue weighted by Crippen LogP contribution is 2.29. The zero-order valence-electron chi connectivity index (χ0n) is 10.6. The molecule has 2 aromatic rings. The largest absolute Gasteiger partial charge is 0.481 e. The maximum absolute atomic E-state index is 5.20. The van der Waals surface area contributed by atoms with E-state index in [0.29, 0.717) is 5.88 Å². The van der Waals surface area contributed by atoms with Gasteiger partial charge in [0.15, 0.2) is 5.82 Å². The number of imidazole rings is 1. The lowest BCUT2D eigenvalue weighted by molar-refractivity contribution is 0.397. The van der Waals surface area contributed by atoms with Crippen molar-refractivity contribution < 1.29 is 4.74 Å². The molecule has 5 heteroatoms. The van der Waals surface area contributed by atoms with Crippen LogP contribution in [0.2, 0.25) is 0 Å². The number of pyridine rings is 1. The van der Waals surface area contributed by atoms with Gasteiger partial charge in [-0.05, 0) is 12.5 Å². The summed E-state index contributed by atoms with van der Waals surface area (Å²) in [5.74, 6) is 2.58. The van der Waals surface area contributed by atoms with Gasteiger partial charge in [-0.2, -0.15) is 4.98 Å². The number of hydrogen-bond donors (Lipinski definition) is 1. The second kappa shape index (κ2) is 4.33. The van der Waals surface area contributed by atoms with Gasteiger partial charge in [0.05, 0.1) is 31.2 Å². The zero-order valence-corrected chi connectivity index (χ0v) is 10.6. The van der Waals surface area contributed by atoms with E-state index in [1.165, 1.54) is 0 Å². The van der Waals surface area contributed by atoms with Crippen LogP contribution in [-0.2, 0) is 13.0 Å². The Kier molecular flexibility index (Phi) is 2.66. The van der Waals surface area contributed by atoms with Gasteiger partial charge in [0, 0.05) is 12.5 Å². The monoisotopic (exact) mass is 244 g/mol. The van der Waals surface area contributed by atoms with Crippen molar-refractivity contribution in [2.75, 3.05) is 12.4 Å². The van der Waals surface area contributed by atoms with E-state index in [1.54, 1.807) is 7.11 Å². The van der Waals surface area contributed by atoms with Crippen molar-refractivity contribution >= 4 is 5.69 Å². The predicted octanol–water partition coefficient (Wildman–Crippen LogP) is 2.15. The Balaban J connectivity index is 2.15. The Morgan fingerprint density at radius 3 is 3.11 bits per heavy atom. The maximum atomic E-state index is 5.20. The highest BCUT2D eigenvalue weighted by molar-refractivity contribution is 5.61. The van der Waals surface area contributed by atoms with E-state index in [4.69, 9.17) is 4.74 Å². The molecule has 94 valence electrons. The van der Waals surface area contributed by atoms with Crippen LogP contribution in [-0.4, -0.2) is 21.6 Å². The molecule has 0 aromatic carbocycles. The molecule has 0 unspecified atom stereocenters. The van der Waals surface area contributed by atoms with Crippen LogP contribution in [0.3, 0.4) is 0 Å². The second-order valence-corrected chi connectivity index (χ2v) is 4.33. The van der Waals surface area contributed by atoms with E-state index in [1.807, 2.05) is 18.3 Å². The average molecular weight is 244 g/mol. The van der Waals surface area contributed by atoms with Crippen LogP contribution in [0.5, 0.6) is 5.88 Å². The van der Waals surface area contributed by atoms with Crippen molar-refractivity contribution in [3.63, 3.8) is 0 Å². The van der Waals surface area contributed by atoms with Gasteiger partial charge < -0.3 is 10.1 Å². The predicted molar refractivity (Wildman–Crippen MR) is 69.2 cm³/mol. The quantitative estimate of drug-likeness (QED) is 0.898. The molecular weight excluding hydrogens is 228 g/mol. The molecule has 2 aromatic heterocycles. The van der Waals surface area contributed by atoms with Crippen molar-refractivity contribution in [3.8, 4) is 11.7 Å². The first-order valence-corrected chi connectivity index (χ1v) is 6.18. The average Bonchev–Trinajstić information content (AvgIpc) is 2.82. The number of fused-ring (bicyclic) bond motifs is 3. The number of ether oxygens (including phenoxy) is 1.